The van der Waals surface area contributed by atoms with Crippen molar-refractivity contribution in [2.24, 2.45) is 5.14 Å². The molecule has 5 nitrogen and oxygen atoms in total. The maximum Gasteiger partial charge on any atom is 0.238 e. The first-order valence-corrected chi connectivity index (χ1v) is 7.77. The lowest BCUT2D eigenvalue weighted by Gasteiger charge is -2.13. The number of pyridine rings is 1. The van der Waals surface area contributed by atoms with Gasteiger partial charge in [0.2, 0.25) is 10.0 Å². The van der Waals surface area contributed by atoms with Crippen LogP contribution in [0, 0.1) is 0 Å². The summed E-state index contributed by atoms with van der Waals surface area (Å²) in [5.74, 6) is 0. The summed E-state index contributed by atoms with van der Waals surface area (Å²) in [5, 5.41) is 8.38. The highest BCUT2D eigenvalue weighted by Crippen LogP contribution is 2.12. The number of aromatic nitrogens is 1. The van der Waals surface area contributed by atoms with Crippen LogP contribution in [0.1, 0.15) is 24.2 Å². The van der Waals surface area contributed by atoms with Crippen molar-refractivity contribution in [2.45, 2.75) is 24.4 Å². The molecular formula is C14H17N3O2S. The van der Waals surface area contributed by atoms with Crippen molar-refractivity contribution in [3.8, 4) is 0 Å². The van der Waals surface area contributed by atoms with Crippen molar-refractivity contribution in [3.05, 3.63) is 59.9 Å². The van der Waals surface area contributed by atoms with E-state index in [-0.39, 0.29) is 10.9 Å². The fourth-order valence-corrected chi connectivity index (χ4v) is 2.32. The molecule has 2 aromatic rings. The maximum absolute atomic E-state index is 11.1. The molecule has 2 rings (SSSR count). The molecule has 1 aromatic heterocycles. The SMILES string of the molecule is CC(NCc1ccc(S(N)(=O)=O)cc1)c1ccccn1. The smallest absolute Gasteiger partial charge is 0.238 e. The number of rotatable bonds is 5. The molecule has 0 bridgehead atoms. The predicted octanol–water partition coefficient (Wildman–Crippen LogP) is 1.58. The number of hydrogen-bond donors (Lipinski definition) is 2. The Morgan fingerprint density at radius 3 is 2.45 bits per heavy atom. The van der Waals surface area contributed by atoms with E-state index in [1.165, 1.54) is 12.1 Å². The normalized spacial score (nSPS) is 13.1. The molecule has 106 valence electrons. The zero-order valence-electron chi connectivity index (χ0n) is 11.2. The van der Waals surface area contributed by atoms with Crippen molar-refractivity contribution in [3.63, 3.8) is 0 Å². The van der Waals surface area contributed by atoms with Crippen LogP contribution < -0.4 is 10.5 Å². The molecule has 0 saturated carbocycles. The highest BCUT2D eigenvalue weighted by Gasteiger charge is 2.08. The van der Waals surface area contributed by atoms with Crippen molar-refractivity contribution in [2.75, 3.05) is 0 Å². The van der Waals surface area contributed by atoms with Gasteiger partial charge in [0.05, 0.1) is 10.6 Å². The summed E-state index contributed by atoms with van der Waals surface area (Å²) in [7, 11) is -3.62. The minimum Gasteiger partial charge on any atom is -0.305 e. The van der Waals surface area contributed by atoms with E-state index in [0.717, 1.165) is 11.3 Å². The second kappa shape index (κ2) is 6.13. The number of hydrogen-bond acceptors (Lipinski definition) is 4. The third kappa shape index (κ3) is 3.86. The summed E-state index contributed by atoms with van der Waals surface area (Å²) in [5.41, 5.74) is 1.95. The van der Waals surface area contributed by atoms with Crippen LogP contribution in [0.25, 0.3) is 0 Å². The summed E-state index contributed by atoms with van der Waals surface area (Å²) < 4.78 is 22.3. The molecule has 3 N–H and O–H groups in total. The molecule has 1 aromatic carbocycles. The largest absolute Gasteiger partial charge is 0.305 e. The van der Waals surface area contributed by atoms with Crippen LogP contribution in [0.3, 0.4) is 0 Å². The van der Waals surface area contributed by atoms with Crippen molar-refractivity contribution < 1.29 is 8.42 Å². The summed E-state index contributed by atoms with van der Waals surface area (Å²) in [4.78, 5) is 4.40. The quantitative estimate of drug-likeness (QED) is 0.876. The van der Waals surface area contributed by atoms with Crippen LogP contribution in [0.4, 0.5) is 0 Å². The summed E-state index contributed by atoms with van der Waals surface area (Å²) in [6, 6.07) is 12.4. The molecular weight excluding hydrogens is 274 g/mol. The first-order valence-electron chi connectivity index (χ1n) is 6.23. The molecule has 0 radical (unpaired) electrons. The standard InChI is InChI=1S/C14H17N3O2S/c1-11(14-4-2-3-9-16-14)17-10-12-5-7-13(8-6-12)20(15,18)19/h2-9,11,17H,10H2,1H3,(H2,15,18,19). The van der Waals surface area contributed by atoms with Crippen LogP contribution in [0.15, 0.2) is 53.6 Å². The van der Waals surface area contributed by atoms with Gasteiger partial charge >= 0.3 is 0 Å². The Hall–Kier alpha value is -1.76. The average molecular weight is 291 g/mol. The Morgan fingerprint density at radius 2 is 1.90 bits per heavy atom. The summed E-state index contributed by atoms with van der Waals surface area (Å²) >= 11 is 0. The Kier molecular flexibility index (Phi) is 4.49. The molecule has 0 fully saturated rings. The van der Waals surface area contributed by atoms with Gasteiger partial charge in [-0.15, -0.1) is 0 Å². The molecule has 0 amide bonds. The molecule has 1 atom stereocenters. The van der Waals surface area contributed by atoms with Crippen molar-refractivity contribution in [1.29, 1.82) is 0 Å². The monoisotopic (exact) mass is 291 g/mol. The van der Waals surface area contributed by atoms with E-state index in [9.17, 15) is 8.42 Å². The number of primary sulfonamides is 1. The van der Waals surface area contributed by atoms with Crippen LogP contribution >= 0.6 is 0 Å². The molecule has 0 saturated heterocycles. The van der Waals surface area contributed by atoms with Gasteiger partial charge in [-0.2, -0.15) is 0 Å². The van der Waals surface area contributed by atoms with Gasteiger partial charge in [-0.25, -0.2) is 13.6 Å². The Balaban J connectivity index is 1.98. The van der Waals surface area contributed by atoms with E-state index >= 15 is 0 Å². The third-order valence-electron chi connectivity index (χ3n) is 3.00. The van der Waals surface area contributed by atoms with Gasteiger partial charge < -0.3 is 5.32 Å². The number of nitrogens with zero attached hydrogens (tertiary/aromatic N) is 1. The van der Waals surface area contributed by atoms with E-state index in [2.05, 4.69) is 10.3 Å². The Morgan fingerprint density at radius 1 is 1.20 bits per heavy atom. The molecule has 0 aliphatic carbocycles. The fraction of sp³-hybridized carbons (Fsp3) is 0.214. The van der Waals surface area contributed by atoms with Gasteiger partial charge in [0.15, 0.2) is 0 Å². The van der Waals surface area contributed by atoms with Crippen LogP contribution in [-0.2, 0) is 16.6 Å². The molecule has 0 spiro atoms. The van der Waals surface area contributed by atoms with E-state index in [0.29, 0.717) is 6.54 Å². The molecule has 6 heteroatoms. The van der Waals surface area contributed by atoms with E-state index < -0.39 is 10.0 Å². The molecule has 20 heavy (non-hydrogen) atoms. The second-order valence-electron chi connectivity index (χ2n) is 4.55. The minimum atomic E-state index is -3.62. The molecule has 1 heterocycles. The number of sulfonamides is 1. The van der Waals surface area contributed by atoms with Crippen molar-refractivity contribution >= 4 is 10.0 Å². The summed E-state index contributed by atoms with van der Waals surface area (Å²) in [6.45, 7) is 2.66. The third-order valence-corrected chi connectivity index (χ3v) is 3.92. The van der Waals surface area contributed by atoms with E-state index in [1.54, 1.807) is 18.3 Å². The highest BCUT2D eigenvalue weighted by molar-refractivity contribution is 7.89. The topological polar surface area (TPSA) is 85.1 Å². The number of benzene rings is 1. The lowest BCUT2D eigenvalue weighted by Crippen LogP contribution is -2.19. The number of nitrogens with one attached hydrogen (secondary N) is 1. The van der Waals surface area contributed by atoms with Gasteiger partial charge in [0.25, 0.3) is 0 Å². The maximum atomic E-state index is 11.1. The summed E-state index contributed by atoms with van der Waals surface area (Å²) in [6.07, 6.45) is 1.76. The lowest BCUT2D eigenvalue weighted by molar-refractivity contribution is 0.561. The van der Waals surface area contributed by atoms with Gasteiger partial charge in [-0.1, -0.05) is 18.2 Å². The van der Waals surface area contributed by atoms with Gasteiger partial charge in [-0.3, -0.25) is 4.98 Å². The number of nitrogens with two attached hydrogens (primary N) is 1. The lowest BCUT2D eigenvalue weighted by atomic mass is 10.2. The van der Waals surface area contributed by atoms with Crippen LogP contribution in [0.5, 0.6) is 0 Å². The first-order chi connectivity index (χ1) is 9.47. The second-order valence-corrected chi connectivity index (χ2v) is 6.11. The Labute approximate surface area is 118 Å². The van der Waals surface area contributed by atoms with Crippen LogP contribution in [0.2, 0.25) is 0 Å². The van der Waals surface area contributed by atoms with Gasteiger partial charge in [0.1, 0.15) is 0 Å². The van der Waals surface area contributed by atoms with E-state index in [1.807, 2.05) is 25.1 Å². The minimum absolute atomic E-state index is 0.120. The zero-order chi connectivity index (χ0) is 14.6. The van der Waals surface area contributed by atoms with Gasteiger partial charge in [0, 0.05) is 18.8 Å². The Bertz CT molecular complexity index is 655. The molecule has 0 aliphatic heterocycles. The predicted molar refractivity (Wildman–Crippen MR) is 77.3 cm³/mol. The van der Waals surface area contributed by atoms with Gasteiger partial charge in [-0.05, 0) is 36.8 Å². The fourth-order valence-electron chi connectivity index (χ4n) is 1.80. The molecule has 1 unspecified atom stereocenters. The highest BCUT2D eigenvalue weighted by atomic mass is 32.2. The van der Waals surface area contributed by atoms with Crippen LogP contribution in [-0.4, -0.2) is 13.4 Å². The van der Waals surface area contributed by atoms with Crippen molar-refractivity contribution in [1.82, 2.24) is 10.3 Å². The molecule has 0 aliphatic rings. The zero-order valence-corrected chi connectivity index (χ0v) is 12.0. The first kappa shape index (κ1) is 14.6. The average Bonchev–Trinajstić information content (AvgIpc) is 2.45. The van der Waals surface area contributed by atoms with E-state index in [4.69, 9.17) is 5.14 Å².